The van der Waals surface area contributed by atoms with E-state index >= 15 is 0 Å². The van der Waals surface area contributed by atoms with Crippen LogP contribution in [0.25, 0.3) is 83.6 Å². The van der Waals surface area contributed by atoms with Crippen LogP contribution >= 0.6 is 0 Å². The van der Waals surface area contributed by atoms with E-state index in [2.05, 4.69) is 137 Å². The molecule has 0 unspecified atom stereocenters. The van der Waals surface area contributed by atoms with E-state index in [1.54, 1.807) is 0 Å². The van der Waals surface area contributed by atoms with Crippen LogP contribution in [-0.2, 0) is 0 Å². The number of oxazole rings is 1. The molecule has 3 heterocycles. The van der Waals surface area contributed by atoms with Gasteiger partial charge in [-0.1, -0.05) is 97.1 Å². The van der Waals surface area contributed by atoms with Crippen LogP contribution in [0.3, 0.4) is 0 Å². The average Bonchev–Trinajstić information content (AvgIpc) is 3.71. The topological polar surface area (TPSA) is 43.9 Å². The number of nitrogens with zero attached hydrogens (tertiary/aromatic N) is 3. The molecule has 0 aliphatic heterocycles. The van der Waals surface area contributed by atoms with Gasteiger partial charge >= 0.3 is 0 Å². The van der Waals surface area contributed by atoms with E-state index < -0.39 is 0 Å². The van der Waals surface area contributed by atoms with Crippen LogP contribution in [0.4, 0.5) is 0 Å². The van der Waals surface area contributed by atoms with Crippen LogP contribution in [0.15, 0.2) is 168 Å². The first-order valence-electron chi connectivity index (χ1n) is 15.4. The van der Waals surface area contributed by atoms with Crippen molar-refractivity contribution in [1.29, 1.82) is 0 Å². The molecule has 0 fully saturated rings. The van der Waals surface area contributed by atoms with Gasteiger partial charge < -0.3 is 8.98 Å². The van der Waals surface area contributed by atoms with Crippen LogP contribution < -0.4 is 0 Å². The molecule has 0 saturated heterocycles. The van der Waals surface area contributed by atoms with E-state index in [-0.39, 0.29) is 0 Å². The summed E-state index contributed by atoms with van der Waals surface area (Å²) < 4.78 is 8.68. The summed E-state index contributed by atoms with van der Waals surface area (Å²) in [6, 6.07) is 55.0. The lowest BCUT2D eigenvalue weighted by atomic mass is 10.0. The molecule has 9 aromatic rings. The van der Waals surface area contributed by atoms with Crippen molar-refractivity contribution in [3.8, 4) is 50.7 Å². The van der Waals surface area contributed by atoms with E-state index in [9.17, 15) is 0 Å². The molecule has 46 heavy (non-hydrogen) atoms. The number of aromatic nitrogens is 3. The first kappa shape index (κ1) is 26.2. The summed E-state index contributed by atoms with van der Waals surface area (Å²) in [6.45, 7) is 0. The van der Waals surface area contributed by atoms with Gasteiger partial charge in [0.2, 0.25) is 5.89 Å². The highest BCUT2D eigenvalue weighted by Crippen LogP contribution is 2.38. The van der Waals surface area contributed by atoms with Gasteiger partial charge in [0.15, 0.2) is 5.58 Å². The zero-order valence-corrected chi connectivity index (χ0v) is 24.8. The summed E-state index contributed by atoms with van der Waals surface area (Å²) >= 11 is 0. The van der Waals surface area contributed by atoms with Crippen molar-refractivity contribution in [1.82, 2.24) is 14.5 Å². The van der Waals surface area contributed by atoms with Gasteiger partial charge in [-0.15, -0.1) is 0 Å². The number of benzene rings is 6. The van der Waals surface area contributed by atoms with Gasteiger partial charge in [0, 0.05) is 33.8 Å². The van der Waals surface area contributed by atoms with Crippen molar-refractivity contribution in [3.63, 3.8) is 0 Å². The quantitative estimate of drug-likeness (QED) is 0.201. The van der Waals surface area contributed by atoms with E-state index in [0.29, 0.717) is 5.89 Å². The van der Waals surface area contributed by atoms with Crippen LogP contribution in [-0.4, -0.2) is 14.5 Å². The summed E-state index contributed by atoms with van der Waals surface area (Å²) in [5, 5.41) is 2.36. The number of fused-ring (bicyclic) bond motifs is 4. The lowest BCUT2D eigenvalue weighted by Gasteiger charge is -2.11. The Morgan fingerprint density at radius 1 is 0.457 bits per heavy atom. The number of pyridine rings is 1. The number of rotatable bonds is 5. The Morgan fingerprint density at radius 3 is 1.96 bits per heavy atom. The van der Waals surface area contributed by atoms with E-state index in [0.717, 1.165) is 55.8 Å². The third kappa shape index (κ3) is 4.47. The molecule has 3 aromatic heterocycles. The van der Waals surface area contributed by atoms with Crippen molar-refractivity contribution in [2.24, 2.45) is 0 Å². The predicted molar refractivity (Wildman–Crippen MR) is 188 cm³/mol. The van der Waals surface area contributed by atoms with Gasteiger partial charge in [-0.3, -0.25) is 4.98 Å². The van der Waals surface area contributed by atoms with Crippen molar-refractivity contribution < 1.29 is 4.42 Å². The number of hydrogen-bond acceptors (Lipinski definition) is 3. The second-order valence-corrected chi connectivity index (χ2v) is 11.5. The van der Waals surface area contributed by atoms with Crippen molar-refractivity contribution in [3.05, 3.63) is 164 Å². The molecular formula is C42H27N3O. The molecule has 4 nitrogen and oxygen atoms in total. The highest BCUT2D eigenvalue weighted by molar-refractivity contribution is 6.11. The highest BCUT2D eigenvalue weighted by atomic mass is 16.3. The van der Waals surface area contributed by atoms with Crippen LogP contribution in [0, 0.1) is 0 Å². The molecule has 0 radical (unpaired) electrons. The Hall–Kier alpha value is -6.26. The molecule has 0 atom stereocenters. The smallest absolute Gasteiger partial charge is 0.227 e. The van der Waals surface area contributed by atoms with E-state index in [1.807, 2.05) is 36.5 Å². The van der Waals surface area contributed by atoms with Crippen LogP contribution in [0.2, 0.25) is 0 Å². The largest absolute Gasteiger partial charge is 0.436 e. The molecular weight excluding hydrogens is 562 g/mol. The molecule has 0 saturated carbocycles. The molecule has 0 N–H and O–H groups in total. The molecule has 216 valence electrons. The Labute approximate surface area is 265 Å². The van der Waals surface area contributed by atoms with Gasteiger partial charge in [0.1, 0.15) is 5.52 Å². The lowest BCUT2D eigenvalue weighted by Crippen LogP contribution is -1.95. The molecule has 0 aliphatic carbocycles. The minimum atomic E-state index is 0.603. The van der Waals surface area contributed by atoms with Gasteiger partial charge in [-0.2, -0.15) is 0 Å². The zero-order chi connectivity index (χ0) is 30.5. The molecule has 6 aromatic carbocycles. The Bertz CT molecular complexity index is 2510. The first-order valence-corrected chi connectivity index (χ1v) is 15.4. The van der Waals surface area contributed by atoms with E-state index in [4.69, 9.17) is 9.40 Å². The third-order valence-corrected chi connectivity index (χ3v) is 8.68. The second-order valence-electron chi connectivity index (χ2n) is 11.5. The summed E-state index contributed by atoms with van der Waals surface area (Å²) in [7, 11) is 0. The lowest BCUT2D eigenvalue weighted by molar-refractivity contribution is 0.620. The minimum absolute atomic E-state index is 0.603. The van der Waals surface area contributed by atoms with Crippen molar-refractivity contribution in [2.75, 3.05) is 0 Å². The average molecular weight is 590 g/mol. The monoisotopic (exact) mass is 589 g/mol. The highest BCUT2D eigenvalue weighted by Gasteiger charge is 2.17. The first-order chi connectivity index (χ1) is 22.8. The minimum Gasteiger partial charge on any atom is -0.436 e. The molecule has 0 bridgehead atoms. The molecule has 0 amide bonds. The number of hydrogen-bond donors (Lipinski definition) is 0. The van der Waals surface area contributed by atoms with Crippen molar-refractivity contribution in [2.45, 2.75) is 0 Å². The fourth-order valence-corrected chi connectivity index (χ4v) is 6.44. The van der Waals surface area contributed by atoms with Gasteiger partial charge in [-0.25, -0.2) is 4.98 Å². The maximum atomic E-state index is 6.34. The summed E-state index contributed by atoms with van der Waals surface area (Å²) in [5.74, 6) is 0.603. The molecule has 9 rings (SSSR count). The fraction of sp³-hybridized carbons (Fsp3) is 0. The van der Waals surface area contributed by atoms with E-state index in [1.165, 1.54) is 21.9 Å². The van der Waals surface area contributed by atoms with Gasteiger partial charge in [0.05, 0.1) is 16.7 Å². The maximum Gasteiger partial charge on any atom is 0.227 e. The zero-order valence-electron chi connectivity index (χ0n) is 24.8. The molecule has 0 aliphatic rings. The van der Waals surface area contributed by atoms with Gasteiger partial charge in [0.25, 0.3) is 0 Å². The Morgan fingerprint density at radius 2 is 1.17 bits per heavy atom. The fourth-order valence-electron chi connectivity index (χ4n) is 6.44. The predicted octanol–water partition coefficient (Wildman–Crippen LogP) is 11.0. The van der Waals surface area contributed by atoms with Crippen LogP contribution in [0.1, 0.15) is 0 Å². The second kappa shape index (κ2) is 10.7. The van der Waals surface area contributed by atoms with Crippen LogP contribution in [0.5, 0.6) is 0 Å². The molecule has 0 spiro atoms. The Balaban J connectivity index is 1.24. The summed E-state index contributed by atoms with van der Waals surface area (Å²) in [6.07, 6.45) is 1.84. The SMILES string of the molecule is c1ccc(-c2ccc3oc(-c4ccc5c6cc(-c7ccccc7)ccc6n(-c6cccc(-c7ccccn7)c6)c5c4)nc3c2)cc1. The standard InChI is InChI=1S/C42H27N3O/c1-3-10-28(11-4-1)30-18-21-39-36(25-30)35-20-17-33(42-44-38-26-31(19-22-41(38)46-42)29-12-5-2-6-13-29)27-40(35)45(39)34-15-9-14-32(24-34)37-16-7-8-23-43-37/h1-27H. The Kier molecular flexibility index (Phi) is 6.10. The van der Waals surface area contributed by atoms with Gasteiger partial charge in [-0.05, 0) is 82.9 Å². The molecule has 4 heteroatoms. The maximum absolute atomic E-state index is 6.34. The summed E-state index contributed by atoms with van der Waals surface area (Å²) in [4.78, 5) is 9.57. The third-order valence-electron chi connectivity index (χ3n) is 8.68. The normalized spacial score (nSPS) is 11.5. The summed E-state index contributed by atoms with van der Waals surface area (Å²) in [5.41, 5.74) is 12.5. The van der Waals surface area contributed by atoms with Crippen molar-refractivity contribution >= 4 is 32.9 Å².